The molecular formula is C23H24FNO5S. The van der Waals surface area contributed by atoms with Gasteiger partial charge in [0.05, 0.1) is 17.2 Å². The lowest BCUT2D eigenvalue weighted by molar-refractivity contribution is -0.231. The van der Waals surface area contributed by atoms with Crippen LogP contribution in [0.3, 0.4) is 0 Å². The molecule has 6 nitrogen and oxygen atoms in total. The number of pyridine rings is 1. The highest BCUT2D eigenvalue weighted by atomic mass is 32.1. The summed E-state index contributed by atoms with van der Waals surface area (Å²) in [4.78, 5) is 5.87. The lowest BCUT2D eigenvalue weighted by atomic mass is 9.89. The monoisotopic (exact) mass is 445 g/mol. The number of aryl methyl sites for hydroxylation is 1. The highest BCUT2D eigenvalue weighted by Crippen LogP contribution is 2.34. The van der Waals surface area contributed by atoms with E-state index in [0.29, 0.717) is 17.7 Å². The third-order valence-electron chi connectivity index (χ3n) is 5.59. The van der Waals surface area contributed by atoms with Gasteiger partial charge >= 0.3 is 0 Å². The van der Waals surface area contributed by atoms with Crippen molar-refractivity contribution in [3.05, 3.63) is 76.0 Å². The van der Waals surface area contributed by atoms with Crippen LogP contribution in [0.5, 0.6) is 0 Å². The second-order valence-corrected chi connectivity index (χ2v) is 8.89. The zero-order valence-corrected chi connectivity index (χ0v) is 17.7. The molecule has 0 radical (unpaired) electrons. The maximum absolute atomic E-state index is 13.4. The number of hydrogen-bond acceptors (Lipinski definition) is 7. The van der Waals surface area contributed by atoms with Crippen molar-refractivity contribution in [1.29, 1.82) is 0 Å². The number of thiophene rings is 1. The van der Waals surface area contributed by atoms with Crippen LogP contribution in [0.2, 0.25) is 0 Å². The number of nitrogens with zero attached hydrogens (tertiary/aromatic N) is 1. The summed E-state index contributed by atoms with van der Waals surface area (Å²) in [6.07, 6.45) is -5.32. The van der Waals surface area contributed by atoms with Crippen LogP contribution in [0.1, 0.15) is 27.7 Å². The fourth-order valence-electron chi connectivity index (χ4n) is 3.78. The molecule has 1 fully saturated rings. The summed E-state index contributed by atoms with van der Waals surface area (Å²) in [6, 6.07) is 14.2. The molecule has 0 spiro atoms. The topological polar surface area (TPSA) is 103 Å². The van der Waals surface area contributed by atoms with Crippen molar-refractivity contribution in [3.8, 4) is 10.6 Å². The van der Waals surface area contributed by atoms with Gasteiger partial charge in [0, 0.05) is 11.3 Å². The molecule has 3 heterocycles. The number of halogens is 1. The van der Waals surface area contributed by atoms with Crippen molar-refractivity contribution in [2.75, 3.05) is 6.61 Å². The molecule has 0 amide bonds. The average Bonchev–Trinajstić information content (AvgIpc) is 3.23. The molecule has 1 aliphatic heterocycles. The van der Waals surface area contributed by atoms with E-state index < -0.39 is 43.1 Å². The Balaban J connectivity index is 1.58. The standard InChI is InChI=1S/C23H24FNO5S/c1-12-5-6-13(23-22(29)21(28)20(27)17(11-26)30-23)9-14(12)10-15-7-8-18(31-15)16-3-2-4-19(24)25-16/h2-9,17,20-23,26-29H,10-11H2,1H3/t17-,20-,21+,22-,23?/m1/s1. The van der Waals surface area contributed by atoms with Crippen molar-refractivity contribution in [3.63, 3.8) is 0 Å². The number of ether oxygens (including phenoxy) is 1. The first-order chi connectivity index (χ1) is 14.9. The number of hydrogen-bond donors (Lipinski definition) is 4. The zero-order valence-electron chi connectivity index (χ0n) is 16.9. The summed E-state index contributed by atoms with van der Waals surface area (Å²) in [6.45, 7) is 1.52. The largest absolute Gasteiger partial charge is 0.394 e. The van der Waals surface area contributed by atoms with Crippen LogP contribution in [0.25, 0.3) is 10.6 Å². The number of rotatable bonds is 5. The van der Waals surface area contributed by atoms with Crippen molar-refractivity contribution in [1.82, 2.24) is 4.98 Å². The van der Waals surface area contributed by atoms with E-state index in [2.05, 4.69) is 4.98 Å². The Morgan fingerprint density at radius 3 is 2.58 bits per heavy atom. The molecule has 3 aromatic rings. The Morgan fingerprint density at radius 1 is 1.03 bits per heavy atom. The second kappa shape index (κ2) is 9.12. The van der Waals surface area contributed by atoms with E-state index in [1.165, 1.54) is 17.4 Å². The molecule has 4 N–H and O–H groups in total. The summed E-state index contributed by atoms with van der Waals surface area (Å²) < 4.78 is 19.1. The fourth-order valence-corrected chi connectivity index (χ4v) is 4.78. The van der Waals surface area contributed by atoms with Crippen molar-refractivity contribution >= 4 is 11.3 Å². The van der Waals surface area contributed by atoms with Gasteiger partial charge in [-0.05, 0) is 47.9 Å². The van der Waals surface area contributed by atoms with Crippen LogP contribution < -0.4 is 0 Å². The van der Waals surface area contributed by atoms with Gasteiger partial charge in [-0.25, -0.2) is 4.98 Å². The van der Waals surface area contributed by atoms with Gasteiger partial charge in [0.25, 0.3) is 0 Å². The molecule has 4 rings (SSSR count). The Bertz CT molecular complexity index is 1060. The molecule has 0 saturated carbocycles. The summed E-state index contributed by atoms with van der Waals surface area (Å²) in [5.41, 5.74) is 3.30. The lowest BCUT2D eigenvalue weighted by Crippen LogP contribution is -2.55. The van der Waals surface area contributed by atoms with E-state index in [-0.39, 0.29) is 0 Å². The van der Waals surface area contributed by atoms with Gasteiger partial charge in [0.1, 0.15) is 30.5 Å². The van der Waals surface area contributed by atoms with Crippen LogP contribution in [-0.4, -0.2) is 56.4 Å². The summed E-state index contributed by atoms with van der Waals surface area (Å²) in [5, 5.41) is 40.0. The second-order valence-electron chi connectivity index (χ2n) is 7.72. The summed E-state index contributed by atoms with van der Waals surface area (Å²) in [5.74, 6) is -0.518. The SMILES string of the molecule is Cc1ccc(C2O[C@H](CO)[C@@H](O)[C@H](O)[C@H]2O)cc1Cc1ccc(-c2cccc(F)n2)s1. The molecule has 5 atom stereocenters. The highest BCUT2D eigenvalue weighted by molar-refractivity contribution is 7.15. The van der Waals surface area contributed by atoms with E-state index in [9.17, 15) is 24.8 Å². The molecule has 1 saturated heterocycles. The third-order valence-corrected chi connectivity index (χ3v) is 6.70. The van der Waals surface area contributed by atoms with Gasteiger partial charge in [0.2, 0.25) is 5.95 Å². The van der Waals surface area contributed by atoms with Gasteiger partial charge in [-0.3, -0.25) is 0 Å². The predicted octanol–water partition coefficient (Wildman–Crippen LogP) is 2.36. The molecule has 2 aromatic heterocycles. The Morgan fingerprint density at radius 2 is 1.84 bits per heavy atom. The molecule has 0 aliphatic carbocycles. The van der Waals surface area contributed by atoms with Gasteiger partial charge in [-0.2, -0.15) is 4.39 Å². The molecule has 1 aliphatic rings. The van der Waals surface area contributed by atoms with E-state index in [4.69, 9.17) is 4.74 Å². The normalized spacial score (nSPS) is 26.2. The maximum atomic E-state index is 13.4. The minimum atomic E-state index is -1.42. The van der Waals surface area contributed by atoms with Gasteiger partial charge < -0.3 is 25.2 Å². The van der Waals surface area contributed by atoms with Crippen LogP contribution >= 0.6 is 11.3 Å². The van der Waals surface area contributed by atoms with Gasteiger partial charge in [-0.1, -0.05) is 24.3 Å². The minimum Gasteiger partial charge on any atom is -0.394 e. The quantitative estimate of drug-likeness (QED) is 0.450. The third kappa shape index (κ3) is 4.55. The maximum Gasteiger partial charge on any atom is 0.213 e. The first-order valence-corrected chi connectivity index (χ1v) is 10.8. The van der Waals surface area contributed by atoms with Crippen LogP contribution in [0.4, 0.5) is 4.39 Å². The zero-order chi connectivity index (χ0) is 22.1. The highest BCUT2D eigenvalue weighted by Gasteiger charge is 2.43. The minimum absolute atomic E-state index is 0.466. The first kappa shape index (κ1) is 22.0. The van der Waals surface area contributed by atoms with E-state index in [1.807, 2.05) is 37.3 Å². The van der Waals surface area contributed by atoms with Crippen LogP contribution in [0.15, 0.2) is 48.5 Å². The van der Waals surface area contributed by atoms with E-state index in [0.717, 1.165) is 20.9 Å². The summed E-state index contributed by atoms with van der Waals surface area (Å²) in [7, 11) is 0. The predicted molar refractivity (Wildman–Crippen MR) is 114 cm³/mol. The molecule has 1 unspecified atom stereocenters. The molecule has 31 heavy (non-hydrogen) atoms. The van der Waals surface area contributed by atoms with E-state index >= 15 is 0 Å². The Labute approximate surface area is 183 Å². The first-order valence-electron chi connectivity index (χ1n) is 9.99. The van der Waals surface area contributed by atoms with Gasteiger partial charge in [0.15, 0.2) is 0 Å². The number of aromatic nitrogens is 1. The molecule has 1 aromatic carbocycles. The van der Waals surface area contributed by atoms with Crippen molar-refractivity contribution in [2.45, 2.75) is 43.9 Å². The van der Waals surface area contributed by atoms with Crippen molar-refractivity contribution in [2.24, 2.45) is 0 Å². The fraction of sp³-hybridized carbons (Fsp3) is 0.348. The van der Waals surface area contributed by atoms with Crippen LogP contribution in [0, 0.1) is 12.9 Å². The van der Waals surface area contributed by atoms with E-state index in [1.54, 1.807) is 12.1 Å². The molecule has 164 valence electrons. The number of benzene rings is 1. The smallest absolute Gasteiger partial charge is 0.213 e. The molecule has 0 bridgehead atoms. The van der Waals surface area contributed by atoms with Crippen molar-refractivity contribution < 1.29 is 29.6 Å². The number of aliphatic hydroxyl groups excluding tert-OH is 4. The molecule has 8 heteroatoms. The molecular weight excluding hydrogens is 421 g/mol. The average molecular weight is 446 g/mol. The lowest BCUT2D eigenvalue weighted by Gasteiger charge is -2.40. The Hall–Kier alpha value is -2.20. The van der Waals surface area contributed by atoms with Gasteiger partial charge in [-0.15, -0.1) is 11.3 Å². The Kier molecular flexibility index (Phi) is 6.47. The van der Waals surface area contributed by atoms with Crippen LogP contribution in [-0.2, 0) is 11.2 Å². The summed E-state index contributed by atoms with van der Waals surface area (Å²) >= 11 is 1.53. The number of aliphatic hydroxyl groups is 4.